The summed E-state index contributed by atoms with van der Waals surface area (Å²) in [5, 5.41) is 0. The largest absolute Gasteiger partial charge is 0.472 e. The summed E-state index contributed by atoms with van der Waals surface area (Å²) >= 11 is 1.73. The highest BCUT2D eigenvalue weighted by molar-refractivity contribution is 7.18. The molecule has 74 valence electrons. The average Bonchev–Trinajstić information content (AvgIpc) is 3.02. The summed E-state index contributed by atoms with van der Waals surface area (Å²) in [6.07, 6.45) is 6.88. The van der Waals surface area contributed by atoms with Crippen LogP contribution in [0.25, 0.3) is 20.9 Å². The molecule has 0 saturated carbocycles. The highest BCUT2D eigenvalue weighted by Gasteiger charge is 2.06. The third-order valence-corrected chi connectivity index (χ3v) is 3.40. The molecule has 0 aliphatic rings. The van der Waals surface area contributed by atoms with E-state index < -0.39 is 0 Å². The lowest BCUT2D eigenvalue weighted by Gasteiger charge is -1.88. The van der Waals surface area contributed by atoms with Crippen molar-refractivity contribution in [3.05, 3.63) is 49.3 Å². The van der Waals surface area contributed by atoms with E-state index in [1.807, 2.05) is 12.1 Å². The summed E-state index contributed by atoms with van der Waals surface area (Å²) in [5.41, 5.74) is 2.24. The maximum absolute atomic E-state index is 5.06. The zero-order chi connectivity index (χ0) is 10.1. The second kappa shape index (κ2) is 3.44. The van der Waals surface area contributed by atoms with Gasteiger partial charge in [0.1, 0.15) is 0 Å². The van der Waals surface area contributed by atoms with Gasteiger partial charge in [-0.15, -0.1) is 11.3 Å². The van der Waals surface area contributed by atoms with Gasteiger partial charge in [0.25, 0.3) is 0 Å². The molecular weight excluding hydrogens is 208 g/mol. The van der Waals surface area contributed by atoms with Gasteiger partial charge in [0, 0.05) is 20.9 Å². The lowest BCUT2D eigenvalue weighted by molar-refractivity contribution is 0.568. The van der Waals surface area contributed by atoms with Gasteiger partial charge in [-0.1, -0.05) is 0 Å². The minimum atomic E-state index is 1.12. The van der Waals surface area contributed by atoms with Crippen molar-refractivity contribution in [1.82, 2.24) is 0 Å². The first-order chi connectivity index (χ1) is 7.43. The van der Waals surface area contributed by atoms with Gasteiger partial charge < -0.3 is 8.83 Å². The Morgan fingerprint density at radius 1 is 0.733 bits per heavy atom. The van der Waals surface area contributed by atoms with Crippen LogP contribution < -0.4 is 0 Å². The molecule has 3 heterocycles. The summed E-state index contributed by atoms with van der Waals surface area (Å²) < 4.78 is 10.1. The van der Waals surface area contributed by atoms with Crippen LogP contribution in [0, 0.1) is 0 Å². The number of furan rings is 2. The standard InChI is InChI=1S/C12H8O2S/c1-2-12(10-4-6-14-8-10)15-11(1)9-3-5-13-7-9/h1-8H. The van der Waals surface area contributed by atoms with E-state index in [1.54, 1.807) is 36.4 Å². The molecule has 0 radical (unpaired) electrons. The third kappa shape index (κ3) is 1.51. The van der Waals surface area contributed by atoms with Gasteiger partial charge in [-0.05, 0) is 24.3 Å². The molecule has 15 heavy (non-hydrogen) atoms. The van der Waals surface area contributed by atoms with Crippen molar-refractivity contribution < 1.29 is 8.83 Å². The molecule has 0 aromatic carbocycles. The number of hydrogen-bond acceptors (Lipinski definition) is 3. The Hall–Kier alpha value is -1.74. The van der Waals surface area contributed by atoms with Crippen molar-refractivity contribution in [1.29, 1.82) is 0 Å². The van der Waals surface area contributed by atoms with Gasteiger partial charge >= 0.3 is 0 Å². The van der Waals surface area contributed by atoms with Gasteiger partial charge in [-0.3, -0.25) is 0 Å². The highest BCUT2D eigenvalue weighted by Crippen LogP contribution is 2.34. The Morgan fingerprint density at radius 3 is 1.67 bits per heavy atom. The van der Waals surface area contributed by atoms with Crippen LogP contribution >= 0.6 is 11.3 Å². The normalized spacial score (nSPS) is 10.7. The Bertz CT molecular complexity index is 483. The van der Waals surface area contributed by atoms with Crippen LogP contribution in [0.5, 0.6) is 0 Å². The van der Waals surface area contributed by atoms with E-state index in [0.717, 1.165) is 11.1 Å². The first-order valence-corrected chi connectivity index (χ1v) is 5.40. The van der Waals surface area contributed by atoms with E-state index in [9.17, 15) is 0 Å². The second-order valence-corrected chi connectivity index (χ2v) is 4.27. The Kier molecular flexibility index (Phi) is 1.96. The fourth-order valence-corrected chi connectivity index (χ4v) is 2.43. The molecule has 3 aromatic heterocycles. The predicted octanol–water partition coefficient (Wildman–Crippen LogP) is 4.27. The molecule has 0 spiro atoms. The van der Waals surface area contributed by atoms with Crippen LogP contribution in [0.3, 0.4) is 0 Å². The van der Waals surface area contributed by atoms with Crippen molar-refractivity contribution in [2.24, 2.45) is 0 Å². The third-order valence-electron chi connectivity index (χ3n) is 2.22. The van der Waals surface area contributed by atoms with Crippen molar-refractivity contribution >= 4 is 11.3 Å². The van der Waals surface area contributed by atoms with Crippen LogP contribution in [-0.4, -0.2) is 0 Å². The summed E-state index contributed by atoms with van der Waals surface area (Å²) in [5.74, 6) is 0. The molecule has 0 unspecified atom stereocenters. The molecular formula is C12H8O2S. The molecule has 2 nitrogen and oxygen atoms in total. The van der Waals surface area contributed by atoms with Gasteiger partial charge in [0.15, 0.2) is 0 Å². The van der Waals surface area contributed by atoms with Gasteiger partial charge in [0.05, 0.1) is 25.1 Å². The summed E-state index contributed by atoms with van der Waals surface area (Å²) in [6.45, 7) is 0. The molecule has 0 amide bonds. The molecule has 0 N–H and O–H groups in total. The second-order valence-electron chi connectivity index (χ2n) is 3.19. The van der Waals surface area contributed by atoms with E-state index >= 15 is 0 Å². The lowest BCUT2D eigenvalue weighted by atomic mass is 10.2. The maximum atomic E-state index is 5.06. The van der Waals surface area contributed by atoms with Gasteiger partial charge in [-0.25, -0.2) is 0 Å². The van der Waals surface area contributed by atoms with E-state index in [2.05, 4.69) is 12.1 Å². The van der Waals surface area contributed by atoms with Gasteiger partial charge in [-0.2, -0.15) is 0 Å². The average molecular weight is 216 g/mol. The Morgan fingerprint density at radius 2 is 1.27 bits per heavy atom. The zero-order valence-corrected chi connectivity index (χ0v) is 8.66. The molecule has 3 heteroatoms. The van der Waals surface area contributed by atoms with Crippen LogP contribution in [0.15, 0.2) is 58.2 Å². The summed E-state index contributed by atoms with van der Waals surface area (Å²) in [4.78, 5) is 2.42. The number of rotatable bonds is 2. The van der Waals surface area contributed by atoms with Crippen LogP contribution in [0.1, 0.15) is 0 Å². The van der Waals surface area contributed by atoms with E-state index in [-0.39, 0.29) is 0 Å². The van der Waals surface area contributed by atoms with Crippen LogP contribution in [0.4, 0.5) is 0 Å². The minimum absolute atomic E-state index is 1.12. The monoisotopic (exact) mass is 216 g/mol. The van der Waals surface area contributed by atoms with Crippen molar-refractivity contribution in [2.75, 3.05) is 0 Å². The molecule has 0 aliphatic heterocycles. The Labute approximate surface area is 90.8 Å². The van der Waals surface area contributed by atoms with E-state index in [4.69, 9.17) is 8.83 Å². The molecule has 0 atom stereocenters. The summed E-state index contributed by atoms with van der Waals surface area (Å²) in [6, 6.07) is 8.12. The fraction of sp³-hybridized carbons (Fsp3) is 0. The number of thiophene rings is 1. The molecule has 0 bridgehead atoms. The first-order valence-electron chi connectivity index (χ1n) is 4.58. The highest BCUT2D eigenvalue weighted by atomic mass is 32.1. The van der Waals surface area contributed by atoms with Crippen molar-refractivity contribution in [3.8, 4) is 20.9 Å². The fourth-order valence-electron chi connectivity index (χ4n) is 1.46. The van der Waals surface area contributed by atoms with E-state index in [0.29, 0.717) is 0 Å². The van der Waals surface area contributed by atoms with Crippen LogP contribution in [0.2, 0.25) is 0 Å². The topological polar surface area (TPSA) is 26.3 Å². The molecule has 0 saturated heterocycles. The minimum Gasteiger partial charge on any atom is -0.472 e. The zero-order valence-electron chi connectivity index (χ0n) is 7.84. The quantitative estimate of drug-likeness (QED) is 0.639. The smallest absolute Gasteiger partial charge is 0.0989 e. The van der Waals surface area contributed by atoms with E-state index in [1.165, 1.54) is 9.75 Å². The molecule has 3 rings (SSSR count). The number of hydrogen-bond donors (Lipinski definition) is 0. The predicted molar refractivity (Wildman–Crippen MR) is 59.7 cm³/mol. The molecule has 3 aromatic rings. The van der Waals surface area contributed by atoms with Crippen molar-refractivity contribution in [3.63, 3.8) is 0 Å². The van der Waals surface area contributed by atoms with Gasteiger partial charge in [0.2, 0.25) is 0 Å². The van der Waals surface area contributed by atoms with Crippen molar-refractivity contribution in [2.45, 2.75) is 0 Å². The molecule has 0 fully saturated rings. The lowest BCUT2D eigenvalue weighted by Crippen LogP contribution is -1.60. The van der Waals surface area contributed by atoms with Crippen LogP contribution in [-0.2, 0) is 0 Å². The Balaban J connectivity index is 2.02. The maximum Gasteiger partial charge on any atom is 0.0989 e. The summed E-state index contributed by atoms with van der Waals surface area (Å²) in [7, 11) is 0. The molecule has 0 aliphatic carbocycles. The SMILES string of the molecule is c1cc(-c2ccc(-c3ccoc3)s2)co1. The first kappa shape index (κ1) is 8.56.